The van der Waals surface area contributed by atoms with E-state index in [0.717, 1.165) is 68.6 Å². The van der Waals surface area contributed by atoms with Crippen LogP contribution in [-0.4, -0.2) is 69.9 Å². The summed E-state index contributed by atoms with van der Waals surface area (Å²) < 4.78 is 8.28. The van der Waals surface area contributed by atoms with Crippen LogP contribution < -0.4 is 32.2 Å². The molecule has 0 bridgehead atoms. The summed E-state index contributed by atoms with van der Waals surface area (Å²) in [6.07, 6.45) is 12.8. The Kier molecular flexibility index (Phi) is 9.22. The number of para-hydroxylation sites is 2. The molecule has 3 fully saturated rings. The minimum atomic E-state index is -0.342. The van der Waals surface area contributed by atoms with Crippen LogP contribution in [0.5, 0.6) is 11.5 Å². The molecule has 1 aliphatic carbocycles. The zero-order valence-corrected chi connectivity index (χ0v) is 27.8. The van der Waals surface area contributed by atoms with Gasteiger partial charge in [0.05, 0.1) is 24.5 Å². The number of aromatic nitrogens is 2. The van der Waals surface area contributed by atoms with E-state index in [1.807, 2.05) is 23.0 Å². The van der Waals surface area contributed by atoms with Gasteiger partial charge in [0.2, 0.25) is 11.8 Å². The number of imide groups is 1. The highest BCUT2D eigenvalue weighted by molar-refractivity contribution is 6.02. The number of rotatable bonds is 7. The van der Waals surface area contributed by atoms with Crippen molar-refractivity contribution in [3.05, 3.63) is 83.4 Å². The second-order valence-corrected chi connectivity index (χ2v) is 13.7. The van der Waals surface area contributed by atoms with E-state index < -0.39 is 0 Å². The predicted molar refractivity (Wildman–Crippen MR) is 188 cm³/mol. The number of phenolic OH excluding ortho intramolecular Hbond substituents is 1. The number of hydrogen-bond donors (Lipinski definition) is 5. The summed E-state index contributed by atoms with van der Waals surface area (Å²) in [7, 11) is 0. The third-order valence-electron chi connectivity index (χ3n) is 10.8. The van der Waals surface area contributed by atoms with E-state index in [-0.39, 0.29) is 35.5 Å². The fraction of sp³-hybridized carbons (Fsp3) is 0.432. The van der Waals surface area contributed by atoms with Crippen molar-refractivity contribution in [3.63, 3.8) is 0 Å². The summed E-state index contributed by atoms with van der Waals surface area (Å²) in [5, 5.41) is 17.4. The van der Waals surface area contributed by atoms with E-state index in [2.05, 4.69) is 32.3 Å². The second kappa shape index (κ2) is 13.9. The number of ether oxygens (including phenoxy) is 1. The van der Waals surface area contributed by atoms with Gasteiger partial charge in [-0.1, -0.05) is 24.3 Å². The molecule has 1 atom stereocenters. The molecule has 4 aliphatic rings. The number of carbonyl (C=O) groups is 2. The quantitative estimate of drug-likeness (QED) is 0.185. The number of hydrogen-bond acceptors (Lipinski definition) is 10. The maximum atomic E-state index is 12.7. The molecule has 1 unspecified atom stereocenters. The Morgan fingerprint density at radius 2 is 1.69 bits per heavy atom. The van der Waals surface area contributed by atoms with Crippen molar-refractivity contribution in [2.24, 2.45) is 17.2 Å². The summed E-state index contributed by atoms with van der Waals surface area (Å²) >= 11 is 0. The number of amides is 2. The number of fused-ring (bicyclic) bond motifs is 1. The maximum absolute atomic E-state index is 12.7. The van der Waals surface area contributed by atoms with Crippen molar-refractivity contribution >= 4 is 28.8 Å². The topological polar surface area (TPSA) is 178 Å². The predicted octanol–water partition coefficient (Wildman–Crippen LogP) is 3.54. The van der Waals surface area contributed by atoms with Crippen molar-refractivity contribution in [2.75, 3.05) is 31.1 Å². The van der Waals surface area contributed by atoms with E-state index in [0.29, 0.717) is 54.8 Å². The molecule has 2 aromatic carbocycles. The van der Waals surface area contributed by atoms with Crippen LogP contribution in [-0.2, 0) is 9.59 Å². The summed E-state index contributed by atoms with van der Waals surface area (Å²) in [5.41, 5.74) is 22.9. The molecule has 7 rings (SSSR count). The van der Waals surface area contributed by atoms with Crippen LogP contribution in [0.1, 0.15) is 80.0 Å². The standard InChI is InChI=1S/C37H46N8O4/c38-30(28-4-1-2-7-33(28)46)20-29(36(39)40)24-21-41-45(22-24)26-14-16-43(17-15-26)25-10-8-23(9-11-25)27-5-3-6-31-35(27)49-19-18-44(31)32-12-13-34(47)42-37(32)48/h1-7,20-23,25-26,32,46H,8-19,38-40H2,(H,42,47,48)/b30-20-. The highest BCUT2D eigenvalue weighted by Crippen LogP contribution is 2.45. The number of aromatic hydroxyl groups is 1. The second-order valence-electron chi connectivity index (χ2n) is 13.7. The number of phenols is 1. The lowest BCUT2D eigenvalue weighted by atomic mass is 9.80. The SMILES string of the molecule is NC(N)=C(/C=C(\N)c1ccccc1O)c1cnn(C2CCN(C3CCC(c4cccc5c4OCCN5C4CCC(=O)NC4=O)CC3)CC2)c1. The highest BCUT2D eigenvalue weighted by Gasteiger charge is 2.37. The Morgan fingerprint density at radius 1 is 0.918 bits per heavy atom. The van der Waals surface area contributed by atoms with Crippen molar-refractivity contribution in [3.8, 4) is 11.5 Å². The Labute approximate surface area is 286 Å². The van der Waals surface area contributed by atoms with Gasteiger partial charge in [0.15, 0.2) is 0 Å². The fourth-order valence-electron chi connectivity index (χ4n) is 8.15. The van der Waals surface area contributed by atoms with Crippen LogP contribution in [0.25, 0.3) is 11.3 Å². The molecule has 3 aliphatic heterocycles. The van der Waals surface area contributed by atoms with Crippen LogP contribution in [0, 0.1) is 0 Å². The van der Waals surface area contributed by atoms with Gasteiger partial charge in [0, 0.05) is 54.1 Å². The average Bonchev–Trinajstić information content (AvgIpc) is 3.60. The van der Waals surface area contributed by atoms with Gasteiger partial charge in [-0.05, 0) is 80.7 Å². The molecule has 3 aromatic rings. The fourth-order valence-corrected chi connectivity index (χ4v) is 8.15. The number of nitrogens with one attached hydrogen (secondary N) is 1. The Balaban J connectivity index is 0.954. The summed E-state index contributed by atoms with van der Waals surface area (Å²) in [6, 6.07) is 13.7. The molecule has 49 heavy (non-hydrogen) atoms. The first-order valence-electron chi connectivity index (χ1n) is 17.4. The molecule has 12 heteroatoms. The van der Waals surface area contributed by atoms with Crippen molar-refractivity contribution in [2.45, 2.75) is 75.4 Å². The number of piperidine rings is 2. The third kappa shape index (κ3) is 6.69. The van der Waals surface area contributed by atoms with Crippen LogP contribution in [0.3, 0.4) is 0 Å². The zero-order chi connectivity index (χ0) is 34.1. The molecule has 0 radical (unpaired) electrons. The monoisotopic (exact) mass is 666 g/mol. The molecule has 8 N–H and O–H groups in total. The first-order chi connectivity index (χ1) is 23.8. The minimum absolute atomic E-state index is 0.0912. The molecule has 1 aromatic heterocycles. The largest absolute Gasteiger partial charge is 0.507 e. The number of allylic oxidation sites excluding steroid dienone is 2. The first-order valence-corrected chi connectivity index (χ1v) is 17.4. The van der Waals surface area contributed by atoms with E-state index >= 15 is 0 Å². The smallest absolute Gasteiger partial charge is 0.249 e. The Morgan fingerprint density at radius 3 is 2.43 bits per heavy atom. The van der Waals surface area contributed by atoms with E-state index in [1.54, 1.807) is 30.5 Å². The number of benzene rings is 2. The number of carbonyl (C=O) groups excluding carboxylic acids is 2. The molecule has 258 valence electrons. The number of nitrogens with zero attached hydrogens (tertiary/aromatic N) is 4. The summed E-state index contributed by atoms with van der Waals surface area (Å²) in [5.74, 6) is 1.15. The van der Waals surface area contributed by atoms with Gasteiger partial charge < -0.3 is 36.8 Å². The maximum Gasteiger partial charge on any atom is 0.249 e. The van der Waals surface area contributed by atoms with E-state index in [1.165, 1.54) is 5.56 Å². The molecular formula is C37H46N8O4. The minimum Gasteiger partial charge on any atom is -0.507 e. The van der Waals surface area contributed by atoms with E-state index in [4.69, 9.17) is 21.9 Å². The van der Waals surface area contributed by atoms with Crippen molar-refractivity contribution < 1.29 is 19.4 Å². The van der Waals surface area contributed by atoms with Crippen molar-refractivity contribution in [1.29, 1.82) is 0 Å². The Bertz CT molecular complexity index is 1760. The van der Waals surface area contributed by atoms with Crippen LogP contribution in [0.4, 0.5) is 5.69 Å². The van der Waals surface area contributed by atoms with Gasteiger partial charge in [0.1, 0.15) is 30.0 Å². The third-order valence-corrected chi connectivity index (χ3v) is 10.8. The normalized spacial score (nSPS) is 23.8. The van der Waals surface area contributed by atoms with Crippen LogP contribution in [0.2, 0.25) is 0 Å². The van der Waals surface area contributed by atoms with Gasteiger partial charge in [0.25, 0.3) is 0 Å². The number of likely N-dealkylation sites (tertiary alicyclic amines) is 1. The number of nitrogens with two attached hydrogens (primary N) is 3. The van der Waals surface area contributed by atoms with Gasteiger partial charge >= 0.3 is 0 Å². The molecule has 4 heterocycles. The van der Waals surface area contributed by atoms with Gasteiger partial charge in [-0.2, -0.15) is 5.10 Å². The van der Waals surface area contributed by atoms with Crippen LogP contribution in [0.15, 0.2) is 66.8 Å². The first kappa shape index (κ1) is 32.6. The van der Waals surface area contributed by atoms with Crippen molar-refractivity contribution in [1.82, 2.24) is 20.0 Å². The molecule has 12 nitrogen and oxygen atoms in total. The molecule has 2 amide bonds. The molecule has 0 spiro atoms. The lowest BCUT2D eigenvalue weighted by Crippen LogP contribution is -2.54. The Hall–Kier alpha value is -4.97. The van der Waals surface area contributed by atoms with Gasteiger partial charge in [-0.3, -0.25) is 19.6 Å². The van der Waals surface area contributed by atoms with Gasteiger partial charge in [-0.15, -0.1) is 0 Å². The van der Waals surface area contributed by atoms with E-state index in [9.17, 15) is 14.7 Å². The number of anilines is 1. The highest BCUT2D eigenvalue weighted by atomic mass is 16.5. The molecule has 1 saturated carbocycles. The molecular weight excluding hydrogens is 620 g/mol. The summed E-state index contributed by atoms with van der Waals surface area (Å²) in [6.45, 7) is 3.20. The average molecular weight is 667 g/mol. The lowest BCUT2D eigenvalue weighted by Gasteiger charge is -2.42. The zero-order valence-electron chi connectivity index (χ0n) is 27.8. The van der Waals surface area contributed by atoms with Gasteiger partial charge in [-0.25, -0.2) is 0 Å². The molecule has 2 saturated heterocycles. The van der Waals surface area contributed by atoms with Crippen LogP contribution >= 0.6 is 0 Å². The summed E-state index contributed by atoms with van der Waals surface area (Å²) in [4.78, 5) is 29.2. The lowest BCUT2D eigenvalue weighted by molar-refractivity contribution is -0.134.